The maximum atomic E-state index is 11.3. The molecule has 0 saturated carbocycles. The van der Waals surface area contributed by atoms with E-state index in [1.807, 2.05) is 24.3 Å². The molecule has 2 aliphatic rings. The highest BCUT2D eigenvalue weighted by Crippen LogP contribution is 2.54. The normalized spacial score (nSPS) is 21.4. The average molecular weight is 386 g/mol. The molecule has 2 N–H and O–H groups in total. The van der Waals surface area contributed by atoms with Gasteiger partial charge in [0.1, 0.15) is 0 Å². The van der Waals surface area contributed by atoms with Gasteiger partial charge in [-0.25, -0.2) is 4.79 Å². The van der Waals surface area contributed by atoms with Crippen LogP contribution in [0.2, 0.25) is 0 Å². The molecule has 0 spiro atoms. The number of nitro groups is 1. The number of hydrogen-bond acceptors (Lipinski definition) is 4. The fraction of sp³-hybridized carbons (Fsp3) is 0.174. The van der Waals surface area contributed by atoms with Crippen LogP contribution < -0.4 is 5.32 Å². The number of aromatic carboxylic acids is 1. The second-order valence-corrected chi connectivity index (χ2v) is 7.62. The summed E-state index contributed by atoms with van der Waals surface area (Å²) in [5.74, 6) is -0.693. The summed E-state index contributed by atoms with van der Waals surface area (Å²) in [6.07, 6.45) is 0.862. The third kappa shape index (κ3) is 2.76. The Morgan fingerprint density at radius 1 is 1.03 bits per heavy atom. The second kappa shape index (κ2) is 6.44. The van der Waals surface area contributed by atoms with Crippen molar-refractivity contribution in [2.24, 2.45) is 5.92 Å². The molecule has 0 amide bonds. The van der Waals surface area contributed by atoms with E-state index in [1.54, 1.807) is 24.3 Å². The molecule has 3 aromatic rings. The van der Waals surface area contributed by atoms with E-state index in [9.17, 15) is 20.0 Å². The Kier molecular flexibility index (Phi) is 3.87. The number of nitrogens with zero attached hydrogens (tertiary/aromatic N) is 1. The van der Waals surface area contributed by atoms with Crippen LogP contribution in [0.15, 0.2) is 66.7 Å². The van der Waals surface area contributed by atoms with E-state index < -0.39 is 5.97 Å². The summed E-state index contributed by atoms with van der Waals surface area (Å²) in [7, 11) is 0. The van der Waals surface area contributed by atoms with Crippen LogP contribution in [0.5, 0.6) is 0 Å². The van der Waals surface area contributed by atoms with Gasteiger partial charge in [-0.05, 0) is 52.8 Å². The Hall–Kier alpha value is -3.67. The molecule has 29 heavy (non-hydrogen) atoms. The highest BCUT2D eigenvalue weighted by Gasteiger charge is 2.43. The van der Waals surface area contributed by atoms with Gasteiger partial charge < -0.3 is 10.4 Å². The van der Waals surface area contributed by atoms with Crippen LogP contribution in [0.1, 0.15) is 44.6 Å². The third-order valence-corrected chi connectivity index (χ3v) is 6.11. The molecular formula is C23H18N2O4. The van der Waals surface area contributed by atoms with Gasteiger partial charge in [0.15, 0.2) is 0 Å². The summed E-state index contributed by atoms with van der Waals surface area (Å²) in [5.41, 5.74) is 5.68. The van der Waals surface area contributed by atoms with Gasteiger partial charge in [0.2, 0.25) is 0 Å². The summed E-state index contributed by atoms with van der Waals surface area (Å²) in [6, 6.07) is 20.2. The first-order chi connectivity index (χ1) is 14.0. The maximum Gasteiger partial charge on any atom is 0.335 e. The van der Waals surface area contributed by atoms with E-state index in [-0.39, 0.29) is 34.1 Å². The van der Waals surface area contributed by atoms with Crippen LogP contribution in [0.25, 0.3) is 0 Å². The highest BCUT2D eigenvalue weighted by atomic mass is 16.6. The first-order valence-corrected chi connectivity index (χ1v) is 9.49. The van der Waals surface area contributed by atoms with Gasteiger partial charge in [0.05, 0.1) is 16.5 Å². The second-order valence-electron chi connectivity index (χ2n) is 7.62. The lowest BCUT2D eigenvalue weighted by atomic mass is 9.75. The minimum atomic E-state index is -0.947. The van der Waals surface area contributed by atoms with Crippen molar-refractivity contribution in [3.8, 4) is 0 Å². The van der Waals surface area contributed by atoms with Gasteiger partial charge in [-0.1, -0.05) is 36.4 Å². The topological polar surface area (TPSA) is 92.5 Å². The molecule has 6 nitrogen and oxygen atoms in total. The molecule has 1 aliphatic carbocycles. The van der Waals surface area contributed by atoms with Crippen LogP contribution in [0, 0.1) is 16.0 Å². The fourth-order valence-electron chi connectivity index (χ4n) is 4.82. The number of benzene rings is 3. The van der Waals surface area contributed by atoms with Crippen molar-refractivity contribution < 1.29 is 14.8 Å². The number of carboxylic acid groups (broad SMARTS) is 1. The first-order valence-electron chi connectivity index (χ1n) is 9.49. The van der Waals surface area contributed by atoms with E-state index in [2.05, 4.69) is 17.4 Å². The minimum absolute atomic E-state index is 0.01000. The van der Waals surface area contributed by atoms with Crippen molar-refractivity contribution in [3.05, 3.63) is 105 Å². The fourth-order valence-corrected chi connectivity index (χ4v) is 4.82. The van der Waals surface area contributed by atoms with Gasteiger partial charge in [0, 0.05) is 23.7 Å². The minimum Gasteiger partial charge on any atom is -0.478 e. The molecule has 5 rings (SSSR count). The molecule has 6 heteroatoms. The van der Waals surface area contributed by atoms with Crippen LogP contribution in [0.4, 0.5) is 11.4 Å². The SMILES string of the molecule is O=C(O)c1ccc([C@@H]2Nc3ccc([N+](=O)[O-])cc3[C@@H]3c4ccccc4C[C@H]32)cc1. The first kappa shape index (κ1) is 17.4. The highest BCUT2D eigenvalue weighted by molar-refractivity contribution is 5.87. The van der Waals surface area contributed by atoms with Crippen LogP contribution >= 0.6 is 0 Å². The number of carboxylic acids is 1. The van der Waals surface area contributed by atoms with Crippen molar-refractivity contribution in [2.75, 3.05) is 5.32 Å². The Balaban J connectivity index is 1.64. The van der Waals surface area contributed by atoms with E-state index >= 15 is 0 Å². The van der Waals surface area contributed by atoms with Crippen molar-refractivity contribution in [1.82, 2.24) is 0 Å². The lowest BCUT2D eigenvalue weighted by molar-refractivity contribution is -0.384. The quantitative estimate of drug-likeness (QED) is 0.500. The zero-order valence-corrected chi connectivity index (χ0v) is 15.4. The number of anilines is 1. The van der Waals surface area contributed by atoms with E-state index in [0.717, 1.165) is 23.2 Å². The smallest absolute Gasteiger partial charge is 0.335 e. The molecular weight excluding hydrogens is 368 g/mol. The van der Waals surface area contributed by atoms with Crippen molar-refractivity contribution in [1.29, 1.82) is 0 Å². The summed E-state index contributed by atoms with van der Waals surface area (Å²) < 4.78 is 0. The summed E-state index contributed by atoms with van der Waals surface area (Å²) >= 11 is 0. The molecule has 3 aromatic carbocycles. The summed E-state index contributed by atoms with van der Waals surface area (Å²) in [5, 5.41) is 24.1. The molecule has 0 fully saturated rings. The molecule has 1 heterocycles. The van der Waals surface area contributed by atoms with Gasteiger partial charge in [-0.3, -0.25) is 10.1 Å². The summed E-state index contributed by atoms with van der Waals surface area (Å²) in [6.45, 7) is 0. The standard InChI is InChI=1S/C23H18N2O4/c26-23(27)14-7-5-13(6-8-14)22-19-11-15-3-1-2-4-17(15)21(19)18-12-16(25(28)29)9-10-20(18)24-22/h1-10,12,19,21-22,24H,11H2,(H,26,27)/t19-,21+,22+/m1/s1. The van der Waals surface area contributed by atoms with Crippen molar-refractivity contribution >= 4 is 17.3 Å². The monoisotopic (exact) mass is 386 g/mol. The van der Waals surface area contributed by atoms with Crippen LogP contribution in [-0.4, -0.2) is 16.0 Å². The van der Waals surface area contributed by atoms with Gasteiger partial charge in [-0.2, -0.15) is 0 Å². The number of nitrogens with one attached hydrogen (secondary N) is 1. The molecule has 0 aromatic heterocycles. The van der Waals surface area contributed by atoms with Crippen LogP contribution in [0.3, 0.4) is 0 Å². The Bertz CT molecular complexity index is 1140. The van der Waals surface area contributed by atoms with Gasteiger partial charge in [0.25, 0.3) is 5.69 Å². The number of hydrogen-bond donors (Lipinski definition) is 2. The molecule has 0 unspecified atom stereocenters. The largest absolute Gasteiger partial charge is 0.478 e. The average Bonchev–Trinajstić information content (AvgIpc) is 3.12. The lowest BCUT2D eigenvalue weighted by Gasteiger charge is -2.38. The summed E-state index contributed by atoms with van der Waals surface area (Å²) in [4.78, 5) is 22.2. The van der Waals surface area contributed by atoms with E-state index in [0.29, 0.717) is 0 Å². The number of nitro benzene ring substituents is 1. The van der Waals surface area contributed by atoms with E-state index in [1.165, 1.54) is 17.2 Å². The number of carbonyl (C=O) groups is 1. The lowest BCUT2D eigenvalue weighted by Crippen LogP contribution is -2.30. The van der Waals surface area contributed by atoms with Gasteiger partial charge in [-0.15, -0.1) is 0 Å². The Labute approximate surface area is 167 Å². The molecule has 3 atom stereocenters. The maximum absolute atomic E-state index is 11.3. The van der Waals surface area contributed by atoms with Gasteiger partial charge >= 0.3 is 5.97 Å². The number of non-ortho nitro benzene ring substituents is 1. The Morgan fingerprint density at radius 2 is 1.79 bits per heavy atom. The molecule has 0 saturated heterocycles. The predicted molar refractivity (Wildman–Crippen MR) is 108 cm³/mol. The predicted octanol–water partition coefficient (Wildman–Crippen LogP) is 4.76. The molecule has 0 radical (unpaired) electrons. The zero-order valence-electron chi connectivity index (χ0n) is 15.4. The molecule has 144 valence electrons. The number of rotatable bonds is 3. The van der Waals surface area contributed by atoms with E-state index in [4.69, 9.17) is 0 Å². The van der Waals surface area contributed by atoms with Crippen LogP contribution in [-0.2, 0) is 6.42 Å². The molecule has 1 aliphatic heterocycles. The Morgan fingerprint density at radius 3 is 2.52 bits per heavy atom. The van der Waals surface area contributed by atoms with Crippen molar-refractivity contribution in [3.63, 3.8) is 0 Å². The zero-order chi connectivity index (χ0) is 20.1. The number of fused-ring (bicyclic) bond motifs is 5. The molecule has 0 bridgehead atoms. The third-order valence-electron chi connectivity index (χ3n) is 6.11. The van der Waals surface area contributed by atoms with Crippen molar-refractivity contribution in [2.45, 2.75) is 18.4 Å².